The maximum atomic E-state index is 12.7. The van der Waals surface area contributed by atoms with Crippen molar-refractivity contribution in [1.29, 1.82) is 0 Å². The van der Waals surface area contributed by atoms with Gasteiger partial charge in [-0.1, -0.05) is 25.1 Å². The number of hydrogen-bond acceptors (Lipinski definition) is 3. The molecule has 0 bridgehead atoms. The molecule has 4 nitrogen and oxygen atoms in total. The van der Waals surface area contributed by atoms with Crippen LogP contribution in [0.25, 0.3) is 0 Å². The van der Waals surface area contributed by atoms with Gasteiger partial charge in [0.2, 0.25) is 11.8 Å². The lowest BCUT2D eigenvalue weighted by Crippen LogP contribution is -2.34. The lowest BCUT2D eigenvalue weighted by atomic mass is 9.74. The van der Waals surface area contributed by atoms with Crippen LogP contribution in [0.5, 0.6) is 0 Å². The number of carbonyl (C=O) groups is 2. The number of amides is 2. The van der Waals surface area contributed by atoms with Crippen LogP contribution < -0.4 is 4.90 Å². The molecule has 0 aromatic heterocycles. The number of benzene rings is 1. The molecule has 104 valence electrons. The molecule has 4 heteroatoms. The highest BCUT2D eigenvalue weighted by atomic mass is 16.6. The van der Waals surface area contributed by atoms with Crippen LogP contribution in [0.3, 0.4) is 0 Å². The molecule has 2 saturated heterocycles. The molecule has 4 rings (SSSR count). The van der Waals surface area contributed by atoms with E-state index in [1.54, 1.807) is 0 Å². The number of nitrogens with zero attached hydrogens (tertiary/aromatic N) is 1. The first-order valence-corrected chi connectivity index (χ1v) is 7.18. The van der Waals surface area contributed by atoms with E-state index in [9.17, 15) is 9.59 Å². The molecule has 0 N–H and O–H groups in total. The van der Waals surface area contributed by atoms with E-state index in [4.69, 9.17) is 4.74 Å². The predicted octanol–water partition coefficient (Wildman–Crippen LogP) is 1.91. The van der Waals surface area contributed by atoms with Crippen molar-refractivity contribution in [3.8, 4) is 0 Å². The molecule has 2 amide bonds. The number of anilines is 1. The first-order chi connectivity index (χ1) is 9.59. The van der Waals surface area contributed by atoms with E-state index in [0.29, 0.717) is 6.42 Å². The summed E-state index contributed by atoms with van der Waals surface area (Å²) >= 11 is 0. The number of imide groups is 1. The molecule has 0 spiro atoms. The summed E-state index contributed by atoms with van der Waals surface area (Å²) in [6.07, 6.45) is 1.08. The normalized spacial score (nSPS) is 38.7. The lowest BCUT2D eigenvalue weighted by molar-refractivity contribution is -0.123. The number of ether oxygens (including phenoxy) is 1. The molecule has 1 aromatic carbocycles. The van der Waals surface area contributed by atoms with Crippen molar-refractivity contribution in [2.45, 2.75) is 32.5 Å². The van der Waals surface area contributed by atoms with E-state index in [1.807, 2.05) is 38.1 Å². The number of fused-ring (bicyclic) bond motifs is 2. The van der Waals surface area contributed by atoms with Gasteiger partial charge in [0.25, 0.3) is 0 Å². The topological polar surface area (TPSA) is 49.9 Å². The molecular weight excluding hydrogens is 254 g/mol. The zero-order chi connectivity index (χ0) is 14.0. The number of carbonyl (C=O) groups excluding carboxylic acids is 2. The molecule has 1 saturated carbocycles. The summed E-state index contributed by atoms with van der Waals surface area (Å²) in [6.45, 7) is 3.97. The summed E-state index contributed by atoms with van der Waals surface area (Å²) in [5, 5.41) is 0. The Kier molecular flexibility index (Phi) is 2.37. The van der Waals surface area contributed by atoms with Crippen LogP contribution in [0.4, 0.5) is 5.69 Å². The van der Waals surface area contributed by atoms with Crippen LogP contribution >= 0.6 is 0 Å². The van der Waals surface area contributed by atoms with E-state index in [0.717, 1.165) is 11.3 Å². The number of hydrogen-bond donors (Lipinski definition) is 0. The van der Waals surface area contributed by atoms with Gasteiger partial charge in [-0.2, -0.15) is 0 Å². The van der Waals surface area contributed by atoms with Gasteiger partial charge in [0.05, 0.1) is 29.7 Å². The minimum atomic E-state index is -0.203. The molecule has 3 fully saturated rings. The largest absolute Gasteiger partial charge is 0.369 e. The van der Waals surface area contributed by atoms with Crippen LogP contribution in [0.15, 0.2) is 24.3 Å². The molecule has 20 heavy (non-hydrogen) atoms. The van der Waals surface area contributed by atoms with Crippen LogP contribution in [0, 0.1) is 24.7 Å². The van der Waals surface area contributed by atoms with Crippen molar-refractivity contribution < 1.29 is 14.3 Å². The maximum Gasteiger partial charge on any atom is 0.238 e. The Bertz CT molecular complexity index is 611. The summed E-state index contributed by atoms with van der Waals surface area (Å²) in [5.74, 6) is -0.346. The number of rotatable bonds is 1. The summed E-state index contributed by atoms with van der Waals surface area (Å²) in [4.78, 5) is 26.8. The van der Waals surface area contributed by atoms with Gasteiger partial charge >= 0.3 is 0 Å². The monoisotopic (exact) mass is 271 g/mol. The van der Waals surface area contributed by atoms with Gasteiger partial charge in [-0.05, 0) is 30.9 Å². The van der Waals surface area contributed by atoms with Gasteiger partial charge in [-0.15, -0.1) is 0 Å². The molecule has 1 aromatic rings. The first-order valence-electron chi connectivity index (χ1n) is 7.18. The fraction of sp³-hybridized carbons (Fsp3) is 0.500. The minimum absolute atomic E-state index is 0.0456. The van der Waals surface area contributed by atoms with Crippen LogP contribution in [0.2, 0.25) is 0 Å². The van der Waals surface area contributed by atoms with Crippen LogP contribution in [0.1, 0.15) is 18.9 Å². The van der Waals surface area contributed by atoms with E-state index >= 15 is 0 Å². The second-order valence-corrected chi connectivity index (χ2v) is 6.16. The first kappa shape index (κ1) is 12.1. The average Bonchev–Trinajstić information content (AvgIpc) is 3.15. The van der Waals surface area contributed by atoms with E-state index in [-0.39, 0.29) is 41.8 Å². The van der Waals surface area contributed by atoms with Gasteiger partial charge in [-0.25, -0.2) is 4.90 Å². The standard InChI is InChI=1S/C16H17NO3/c1-8-5-3-4-6-11(8)17-15(18)10-7-12-14(20-12)9(2)13(10)16(17)19/h3-6,9-10,12-14H,7H2,1-2H3. The Hall–Kier alpha value is -1.68. The summed E-state index contributed by atoms with van der Waals surface area (Å²) in [7, 11) is 0. The molecule has 0 radical (unpaired) electrons. The summed E-state index contributed by atoms with van der Waals surface area (Å²) in [5.41, 5.74) is 1.70. The number of aryl methyl sites for hydroxylation is 1. The molecule has 2 heterocycles. The van der Waals surface area contributed by atoms with Gasteiger partial charge in [0, 0.05) is 0 Å². The second-order valence-electron chi connectivity index (χ2n) is 6.16. The molecular formula is C16H17NO3. The summed E-state index contributed by atoms with van der Waals surface area (Å²) < 4.78 is 5.56. The predicted molar refractivity (Wildman–Crippen MR) is 73.1 cm³/mol. The van der Waals surface area contributed by atoms with Crippen molar-refractivity contribution in [3.05, 3.63) is 29.8 Å². The van der Waals surface area contributed by atoms with Gasteiger partial charge in [-0.3, -0.25) is 9.59 Å². The molecule has 2 aliphatic heterocycles. The lowest BCUT2D eigenvalue weighted by Gasteiger charge is -2.23. The number of epoxide rings is 1. The molecule has 5 unspecified atom stereocenters. The summed E-state index contributed by atoms with van der Waals surface area (Å²) in [6, 6.07) is 7.57. The Morgan fingerprint density at radius 2 is 1.95 bits per heavy atom. The van der Waals surface area contributed by atoms with Crippen molar-refractivity contribution in [2.24, 2.45) is 17.8 Å². The quantitative estimate of drug-likeness (QED) is 0.579. The Labute approximate surface area is 117 Å². The Morgan fingerprint density at radius 3 is 2.70 bits per heavy atom. The molecule has 1 aliphatic carbocycles. The van der Waals surface area contributed by atoms with Crippen LogP contribution in [-0.4, -0.2) is 24.0 Å². The molecule has 5 atom stereocenters. The van der Waals surface area contributed by atoms with Crippen LogP contribution in [-0.2, 0) is 14.3 Å². The third-order valence-corrected chi connectivity index (χ3v) is 5.03. The third-order valence-electron chi connectivity index (χ3n) is 5.03. The zero-order valence-corrected chi connectivity index (χ0v) is 11.6. The smallest absolute Gasteiger partial charge is 0.238 e. The SMILES string of the molecule is Cc1ccccc1N1C(=O)C2CC3OC3C(C)C2C1=O. The van der Waals surface area contributed by atoms with E-state index < -0.39 is 0 Å². The number of para-hydroxylation sites is 1. The van der Waals surface area contributed by atoms with E-state index in [1.165, 1.54) is 4.90 Å². The zero-order valence-electron chi connectivity index (χ0n) is 11.6. The van der Waals surface area contributed by atoms with Gasteiger partial charge in [0.15, 0.2) is 0 Å². The third kappa shape index (κ3) is 1.45. The average molecular weight is 271 g/mol. The minimum Gasteiger partial charge on any atom is -0.369 e. The Morgan fingerprint density at radius 1 is 1.20 bits per heavy atom. The van der Waals surface area contributed by atoms with Crippen molar-refractivity contribution in [1.82, 2.24) is 0 Å². The maximum absolute atomic E-state index is 12.7. The van der Waals surface area contributed by atoms with Crippen molar-refractivity contribution in [2.75, 3.05) is 4.90 Å². The van der Waals surface area contributed by atoms with Crippen molar-refractivity contribution in [3.63, 3.8) is 0 Å². The highest BCUT2D eigenvalue weighted by molar-refractivity contribution is 6.22. The highest BCUT2D eigenvalue weighted by Gasteiger charge is 2.62. The fourth-order valence-electron chi connectivity index (χ4n) is 3.90. The highest BCUT2D eigenvalue weighted by Crippen LogP contribution is 2.51. The fourth-order valence-corrected chi connectivity index (χ4v) is 3.90. The van der Waals surface area contributed by atoms with Crippen molar-refractivity contribution >= 4 is 17.5 Å². The van der Waals surface area contributed by atoms with Gasteiger partial charge in [0.1, 0.15) is 0 Å². The second kappa shape index (κ2) is 3.92. The van der Waals surface area contributed by atoms with E-state index in [2.05, 4.69) is 0 Å². The Balaban J connectivity index is 1.75. The van der Waals surface area contributed by atoms with Gasteiger partial charge < -0.3 is 4.74 Å². The molecule has 3 aliphatic rings.